The molecule has 0 radical (unpaired) electrons. The normalized spacial score (nSPS) is 12.5. The number of halogens is 1. The van der Waals surface area contributed by atoms with Crippen LogP contribution in [0.25, 0.3) is 0 Å². The molecule has 0 fully saturated rings. The minimum absolute atomic E-state index is 0. The standard InChI is InChI=1S/C21H32N4O2.HI/c1-5-22-21(24-17(2)16-26-4)23-13-18-9-6-7-10-19(18)14-25(3)15-20-11-8-12-27-20;/h6-12,17H,5,13-16H2,1-4H3,(H2,22,23,24);1H. The van der Waals surface area contributed by atoms with E-state index in [1.54, 1.807) is 13.4 Å². The molecule has 6 nitrogen and oxygen atoms in total. The number of nitrogens with one attached hydrogen (secondary N) is 2. The summed E-state index contributed by atoms with van der Waals surface area (Å²) in [6.07, 6.45) is 1.71. The maximum atomic E-state index is 5.44. The van der Waals surface area contributed by atoms with E-state index in [4.69, 9.17) is 14.1 Å². The lowest BCUT2D eigenvalue weighted by Crippen LogP contribution is -2.43. The second-order valence-electron chi connectivity index (χ2n) is 6.72. The zero-order valence-corrected chi connectivity index (χ0v) is 19.6. The van der Waals surface area contributed by atoms with E-state index in [-0.39, 0.29) is 30.0 Å². The van der Waals surface area contributed by atoms with E-state index in [0.717, 1.165) is 31.4 Å². The number of benzene rings is 1. The van der Waals surface area contributed by atoms with E-state index in [1.807, 2.05) is 12.1 Å². The van der Waals surface area contributed by atoms with Crippen molar-refractivity contribution in [3.8, 4) is 0 Å². The van der Waals surface area contributed by atoms with Gasteiger partial charge in [-0.15, -0.1) is 24.0 Å². The third-order valence-electron chi connectivity index (χ3n) is 4.12. The number of furan rings is 1. The van der Waals surface area contributed by atoms with E-state index in [2.05, 4.69) is 60.7 Å². The molecule has 0 saturated heterocycles. The zero-order chi connectivity index (χ0) is 19.5. The van der Waals surface area contributed by atoms with Crippen LogP contribution in [0, 0.1) is 0 Å². The molecule has 1 atom stereocenters. The maximum absolute atomic E-state index is 5.44. The minimum Gasteiger partial charge on any atom is -0.468 e. The molecule has 7 heteroatoms. The molecule has 0 aliphatic carbocycles. The summed E-state index contributed by atoms with van der Waals surface area (Å²) < 4.78 is 10.6. The van der Waals surface area contributed by atoms with Crippen molar-refractivity contribution < 1.29 is 9.15 Å². The highest BCUT2D eigenvalue weighted by Crippen LogP contribution is 2.14. The maximum Gasteiger partial charge on any atom is 0.191 e. The predicted octanol–water partition coefficient (Wildman–Crippen LogP) is 3.62. The molecule has 0 aliphatic heterocycles. The number of nitrogens with zero attached hydrogens (tertiary/aromatic N) is 2. The predicted molar refractivity (Wildman–Crippen MR) is 125 cm³/mol. The monoisotopic (exact) mass is 500 g/mol. The smallest absolute Gasteiger partial charge is 0.191 e. The molecule has 1 unspecified atom stereocenters. The van der Waals surface area contributed by atoms with E-state index >= 15 is 0 Å². The van der Waals surface area contributed by atoms with Crippen LogP contribution in [0.3, 0.4) is 0 Å². The van der Waals surface area contributed by atoms with Gasteiger partial charge in [-0.25, -0.2) is 4.99 Å². The molecule has 2 aromatic rings. The Hall–Kier alpha value is -1.58. The number of methoxy groups -OCH3 is 1. The minimum atomic E-state index is 0. The summed E-state index contributed by atoms with van der Waals surface area (Å²) in [4.78, 5) is 6.99. The first-order valence-corrected chi connectivity index (χ1v) is 9.43. The van der Waals surface area contributed by atoms with Crippen LogP contribution < -0.4 is 10.6 Å². The average Bonchev–Trinajstić information content (AvgIpc) is 3.14. The molecule has 1 heterocycles. The number of aliphatic imine (C=N–C) groups is 1. The Morgan fingerprint density at radius 1 is 1.18 bits per heavy atom. The van der Waals surface area contributed by atoms with Crippen molar-refractivity contribution in [2.75, 3.05) is 27.3 Å². The largest absolute Gasteiger partial charge is 0.468 e. The Kier molecular flexibility index (Phi) is 11.9. The summed E-state index contributed by atoms with van der Waals surface area (Å²) in [7, 11) is 3.80. The highest BCUT2D eigenvalue weighted by Gasteiger charge is 2.09. The van der Waals surface area contributed by atoms with Gasteiger partial charge in [-0.2, -0.15) is 0 Å². The van der Waals surface area contributed by atoms with Gasteiger partial charge in [0.1, 0.15) is 5.76 Å². The molecule has 2 rings (SSSR count). The van der Waals surface area contributed by atoms with Gasteiger partial charge in [-0.05, 0) is 44.2 Å². The molecule has 1 aromatic heterocycles. The zero-order valence-electron chi connectivity index (χ0n) is 17.3. The van der Waals surface area contributed by atoms with Crippen LogP contribution in [-0.4, -0.2) is 44.2 Å². The summed E-state index contributed by atoms with van der Waals surface area (Å²) >= 11 is 0. The summed E-state index contributed by atoms with van der Waals surface area (Å²) in [5.41, 5.74) is 2.50. The van der Waals surface area contributed by atoms with E-state index < -0.39 is 0 Å². The first-order chi connectivity index (χ1) is 13.1. The van der Waals surface area contributed by atoms with Crippen LogP contribution in [0.4, 0.5) is 0 Å². The topological polar surface area (TPSA) is 62.0 Å². The summed E-state index contributed by atoms with van der Waals surface area (Å²) in [5, 5.41) is 6.66. The van der Waals surface area contributed by atoms with E-state index in [1.165, 1.54) is 11.1 Å². The molecule has 0 amide bonds. The Morgan fingerprint density at radius 3 is 2.57 bits per heavy atom. The molecule has 156 valence electrons. The quantitative estimate of drug-likeness (QED) is 0.297. The molecular weight excluding hydrogens is 467 g/mol. The fraction of sp³-hybridized carbons (Fsp3) is 0.476. The van der Waals surface area contributed by atoms with Gasteiger partial charge >= 0.3 is 0 Å². The molecule has 0 bridgehead atoms. The van der Waals surface area contributed by atoms with Gasteiger partial charge in [0.25, 0.3) is 0 Å². The summed E-state index contributed by atoms with van der Waals surface area (Å²) in [5.74, 6) is 1.78. The van der Waals surface area contributed by atoms with Crippen molar-refractivity contribution in [3.63, 3.8) is 0 Å². The number of hydrogen-bond acceptors (Lipinski definition) is 4. The first kappa shape index (κ1) is 24.5. The van der Waals surface area contributed by atoms with Crippen molar-refractivity contribution >= 4 is 29.9 Å². The van der Waals surface area contributed by atoms with Gasteiger partial charge in [0.15, 0.2) is 5.96 Å². The molecular formula is C21H33IN4O2. The summed E-state index contributed by atoms with van der Waals surface area (Å²) in [6, 6.07) is 12.6. The lowest BCUT2D eigenvalue weighted by Gasteiger charge is -2.19. The molecule has 0 spiro atoms. The second-order valence-corrected chi connectivity index (χ2v) is 6.72. The Morgan fingerprint density at radius 2 is 1.93 bits per heavy atom. The SMILES string of the molecule is CCNC(=NCc1ccccc1CN(C)Cc1ccco1)NC(C)COC.I. The van der Waals surface area contributed by atoms with Crippen LogP contribution in [-0.2, 0) is 24.4 Å². The van der Waals surface area contributed by atoms with E-state index in [0.29, 0.717) is 13.2 Å². The third kappa shape index (κ3) is 8.62. The van der Waals surface area contributed by atoms with Crippen molar-refractivity contribution in [1.82, 2.24) is 15.5 Å². The van der Waals surface area contributed by atoms with Gasteiger partial charge in [0, 0.05) is 26.2 Å². The first-order valence-electron chi connectivity index (χ1n) is 9.43. The summed E-state index contributed by atoms with van der Waals surface area (Å²) in [6.45, 7) is 7.85. The Bertz CT molecular complexity index is 691. The van der Waals surface area contributed by atoms with Crippen LogP contribution in [0.1, 0.15) is 30.7 Å². The van der Waals surface area contributed by atoms with Crippen molar-refractivity contribution in [1.29, 1.82) is 0 Å². The highest BCUT2D eigenvalue weighted by molar-refractivity contribution is 14.0. The fourth-order valence-electron chi connectivity index (χ4n) is 2.89. The lowest BCUT2D eigenvalue weighted by molar-refractivity contribution is 0.179. The number of ether oxygens (including phenoxy) is 1. The number of hydrogen-bond donors (Lipinski definition) is 2. The molecule has 1 aromatic carbocycles. The highest BCUT2D eigenvalue weighted by atomic mass is 127. The fourth-order valence-corrected chi connectivity index (χ4v) is 2.89. The van der Waals surface area contributed by atoms with Crippen LogP contribution >= 0.6 is 24.0 Å². The molecule has 0 saturated carbocycles. The van der Waals surface area contributed by atoms with Gasteiger partial charge in [0.05, 0.1) is 26.0 Å². The average molecular weight is 500 g/mol. The van der Waals surface area contributed by atoms with Gasteiger partial charge in [0.2, 0.25) is 0 Å². The van der Waals surface area contributed by atoms with Crippen molar-refractivity contribution in [2.45, 2.75) is 39.5 Å². The van der Waals surface area contributed by atoms with Gasteiger partial charge in [-0.1, -0.05) is 24.3 Å². The molecule has 0 aliphatic rings. The number of rotatable bonds is 10. The Balaban J connectivity index is 0.00000392. The van der Waals surface area contributed by atoms with Gasteiger partial charge < -0.3 is 19.8 Å². The van der Waals surface area contributed by atoms with Crippen LogP contribution in [0.15, 0.2) is 52.1 Å². The second kappa shape index (κ2) is 13.6. The van der Waals surface area contributed by atoms with Crippen LogP contribution in [0.5, 0.6) is 0 Å². The molecule has 2 N–H and O–H groups in total. The third-order valence-corrected chi connectivity index (χ3v) is 4.12. The Labute approximate surface area is 185 Å². The number of guanidine groups is 1. The van der Waals surface area contributed by atoms with Crippen LogP contribution in [0.2, 0.25) is 0 Å². The lowest BCUT2D eigenvalue weighted by atomic mass is 10.1. The van der Waals surface area contributed by atoms with Crippen molar-refractivity contribution in [3.05, 3.63) is 59.5 Å². The molecule has 28 heavy (non-hydrogen) atoms. The van der Waals surface area contributed by atoms with Crippen molar-refractivity contribution in [2.24, 2.45) is 4.99 Å². The van der Waals surface area contributed by atoms with E-state index in [9.17, 15) is 0 Å². The van der Waals surface area contributed by atoms with Gasteiger partial charge in [-0.3, -0.25) is 4.90 Å².